The van der Waals surface area contributed by atoms with E-state index in [0.29, 0.717) is 11.6 Å². The summed E-state index contributed by atoms with van der Waals surface area (Å²) in [7, 11) is 0. The van der Waals surface area contributed by atoms with Gasteiger partial charge in [-0.3, -0.25) is 0 Å². The fraction of sp³-hybridized carbons (Fsp3) is 0.400. The van der Waals surface area contributed by atoms with Gasteiger partial charge in [0, 0.05) is 24.4 Å². The van der Waals surface area contributed by atoms with Crippen LogP contribution in [0.5, 0.6) is 5.75 Å². The average molecular weight is 232 g/mol. The van der Waals surface area contributed by atoms with Gasteiger partial charge in [-0.2, -0.15) is 11.8 Å². The molecule has 0 atom stereocenters. The van der Waals surface area contributed by atoms with Crippen LogP contribution in [-0.2, 0) is 6.54 Å². The molecule has 0 aliphatic heterocycles. The summed E-state index contributed by atoms with van der Waals surface area (Å²) in [5.41, 5.74) is 0.846. The monoisotopic (exact) mass is 231 g/mol. The SMILES string of the molecule is CSCCNCc1cccc(Cl)c1O. The molecule has 2 N–H and O–H groups in total. The molecule has 0 aromatic heterocycles. The number of rotatable bonds is 5. The second-order valence-electron chi connectivity index (χ2n) is 2.92. The minimum absolute atomic E-state index is 0.186. The first-order chi connectivity index (χ1) is 6.75. The number of phenolic OH excluding ortho intramolecular Hbond substituents is 1. The number of benzene rings is 1. The molecule has 0 saturated heterocycles. The molecule has 0 fully saturated rings. The van der Waals surface area contributed by atoms with Gasteiger partial charge in [0.1, 0.15) is 5.75 Å². The van der Waals surface area contributed by atoms with E-state index >= 15 is 0 Å². The molecule has 2 nitrogen and oxygen atoms in total. The predicted molar refractivity (Wildman–Crippen MR) is 63.2 cm³/mol. The Bertz CT molecular complexity index is 293. The van der Waals surface area contributed by atoms with Crippen molar-refractivity contribution in [2.75, 3.05) is 18.6 Å². The van der Waals surface area contributed by atoms with Crippen molar-refractivity contribution in [1.29, 1.82) is 0 Å². The van der Waals surface area contributed by atoms with Crippen LogP contribution in [0.3, 0.4) is 0 Å². The van der Waals surface area contributed by atoms with E-state index in [9.17, 15) is 5.11 Å². The summed E-state index contributed by atoms with van der Waals surface area (Å²) in [6.07, 6.45) is 2.07. The maximum Gasteiger partial charge on any atom is 0.138 e. The van der Waals surface area contributed by atoms with Gasteiger partial charge in [-0.1, -0.05) is 23.7 Å². The van der Waals surface area contributed by atoms with Gasteiger partial charge in [-0.25, -0.2) is 0 Å². The number of para-hydroxylation sites is 1. The van der Waals surface area contributed by atoms with Crippen LogP contribution < -0.4 is 5.32 Å². The molecule has 4 heteroatoms. The van der Waals surface area contributed by atoms with E-state index in [4.69, 9.17) is 11.6 Å². The Morgan fingerprint density at radius 3 is 3.00 bits per heavy atom. The van der Waals surface area contributed by atoms with Crippen molar-refractivity contribution in [3.8, 4) is 5.75 Å². The zero-order valence-corrected chi connectivity index (χ0v) is 9.66. The standard InChI is InChI=1S/C10H14ClNOS/c1-14-6-5-12-7-8-3-2-4-9(11)10(8)13/h2-4,12-13H,5-7H2,1H3. The number of hydrogen-bond acceptors (Lipinski definition) is 3. The van der Waals surface area contributed by atoms with Crippen LogP contribution in [0.25, 0.3) is 0 Å². The molecule has 1 aromatic carbocycles. The Hall–Kier alpha value is -0.380. The third-order valence-corrected chi connectivity index (χ3v) is 2.79. The molecule has 0 aliphatic rings. The van der Waals surface area contributed by atoms with Gasteiger partial charge >= 0.3 is 0 Å². The number of thioether (sulfide) groups is 1. The maximum absolute atomic E-state index is 9.58. The Labute approximate surface area is 93.7 Å². The molecule has 0 saturated carbocycles. The van der Waals surface area contributed by atoms with Crippen molar-refractivity contribution in [3.63, 3.8) is 0 Å². The first kappa shape index (κ1) is 11.7. The summed E-state index contributed by atoms with van der Waals surface area (Å²) < 4.78 is 0. The highest BCUT2D eigenvalue weighted by Gasteiger charge is 2.03. The van der Waals surface area contributed by atoms with Crippen molar-refractivity contribution in [2.45, 2.75) is 6.54 Å². The fourth-order valence-corrected chi connectivity index (χ4v) is 1.64. The van der Waals surface area contributed by atoms with Crippen LogP contribution >= 0.6 is 23.4 Å². The van der Waals surface area contributed by atoms with Crippen molar-refractivity contribution in [3.05, 3.63) is 28.8 Å². The topological polar surface area (TPSA) is 32.3 Å². The van der Waals surface area contributed by atoms with Gasteiger partial charge in [-0.05, 0) is 12.3 Å². The molecule has 1 rings (SSSR count). The van der Waals surface area contributed by atoms with Crippen molar-refractivity contribution >= 4 is 23.4 Å². The second kappa shape index (κ2) is 6.17. The lowest BCUT2D eigenvalue weighted by molar-refractivity contribution is 0.465. The largest absolute Gasteiger partial charge is 0.506 e. The summed E-state index contributed by atoms with van der Waals surface area (Å²) in [5.74, 6) is 1.26. The van der Waals surface area contributed by atoms with Crippen LogP contribution in [0.1, 0.15) is 5.56 Å². The fourth-order valence-electron chi connectivity index (χ4n) is 1.10. The van der Waals surface area contributed by atoms with Gasteiger partial charge in [-0.15, -0.1) is 0 Å². The Morgan fingerprint density at radius 2 is 2.29 bits per heavy atom. The van der Waals surface area contributed by atoms with E-state index < -0.39 is 0 Å². The second-order valence-corrected chi connectivity index (χ2v) is 4.31. The molecule has 0 unspecified atom stereocenters. The maximum atomic E-state index is 9.58. The lowest BCUT2D eigenvalue weighted by Crippen LogP contribution is -2.16. The molecular weight excluding hydrogens is 218 g/mol. The van der Waals surface area contributed by atoms with Crippen molar-refractivity contribution in [2.24, 2.45) is 0 Å². The first-order valence-electron chi connectivity index (χ1n) is 4.41. The van der Waals surface area contributed by atoms with E-state index in [-0.39, 0.29) is 5.75 Å². The lowest BCUT2D eigenvalue weighted by atomic mass is 10.2. The normalized spacial score (nSPS) is 10.4. The van der Waals surface area contributed by atoms with Gasteiger partial charge < -0.3 is 10.4 Å². The molecule has 0 radical (unpaired) electrons. The van der Waals surface area contributed by atoms with E-state index in [1.54, 1.807) is 17.8 Å². The zero-order valence-electron chi connectivity index (χ0n) is 8.09. The molecule has 78 valence electrons. The van der Waals surface area contributed by atoms with E-state index in [0.717, 1.165) is 17.9 Å². The van der Waals surface area contributed by atoms with E-state index in [2.05, 4.69) is 11.6 Å². The van der Waals surface area contributed by atoms with Crippen molar-refractivity contribution in [1.82, 2.24) is 5.32 Å². The molecule has 0 spiro atoms. The lowest BCUT2D eigenvalue weighted by Gasteiger charge is -2.06. The highest BCUT2D eigenvalue weighted by Crippen LogP contribution is 2.26. The quantitative estimate of drug-likeness (QED) is 0.764. The zero-order chi connectivity index (χ0) is 10.4. The molecule has 0 bridgehead atoms. The Balaban J connectivity index is 2.46. The molecule has 0 aliphatic carbocycles. The smallest absolute Gasteiger partial charge is 0.138 e. The summed E-state index contributed by atoms with van der Waals surface area (Å²) in [5, 5.41) is 13.2. The summed E-state index contributed by atoms with van der Waals surface area (Å²) >= 11 is 7.57. The van der Waals surface area contributed by atoms with Crippen molar-refractivity contribution < 1.29 is 5.11 Å². The highest BCUT2D eigenvalue weighted by atomic mass is 35.5. The summed E-state index contributed by atoms with van der Waals surface area (Å²) in [4.78, 5) is 0. The number of halogens is 1. The molecular formula is C10H14ClNOS. The van der Waals surface area contributed by atoms with E-state index in [1.807, 2.05) is 12.1 Å². The molecule has 14 heavy (non-hydrogen) atoms. The minimum Gasteiger partial charge on any atom is -0.506 e. The number of nitrogens with one attached hydrogen (secondary N) is 1. The molecule has 0 amide bonds. The molecule has 1 aromatic rings. The third-order valence-electron chi connectivity index (χ3n) is 1.87. The molecule has 0 heterocycles. The summed E-state index contributed by atoms with van der Waals surface area (Å²) in [6.45, 7) is 1.60. The van der Waals surface area contributed by atoms with Gasteiger partial charge in [0.2, 0.25) is 0 Å². The Kier molecular flexibility index (Phi) is 5.15. The van der Waals surface area contributed by atoms with E-state index in [1.165, 1.54) is 0 Å². The Morgan fingerprint density at radius 1 is 1.50 bits per heavy atom. The number of hydrogen-bond donors (Lipinski definition) is 2. The minimum atomic E-state index is 0.186. The summed E-state index contributed by atoms with van der Waals surface area (Å²) in [6, 6.07) is 5.39. The first-order valence-corrected chi connectivity index (χ1v) is 6.19. The third kappa shape index (κ3) is 3.40. The van der Waals surface area contributed by atoms with Crippen LogP contribution in [-0.4, -0.2) is 23.7 Å². The average Bonchev–Trinajstić information content (AvgIpc) is 2.19. The predicted octanol–water partition coefficient (Wildman–Crippen LogP) is 2.50. The van der Waals surface area contributed by atoms with Gasteiger partial charge in [0.15, 0.2) is 0 Å². The van der Waals surface area contributed by atoms with Crippen LogP contribution in [0.4, 0.5) is 0 Å². The van der Waals surface area contributed by atoms with Crippen LogP contribution in [0, 0.1) is 0 Å². The van der Waals surface area contributed by atoms with Crippen LogP contribution in [0.15, 0.2) is 18.2 Å². The van der Waals surface area contributed by atoms with Crippen LogP contribution in [0.2, 0.25) is 5.02 Å². The van der Waals surface area contributed by atoms with Gasteiger partial charge in [0.05, 0.1) is 5.02 Å². The number of aromatic hydroxyl groups is 1. The van der Waals surface area contributed by atoms with Gasteiger partial charge in [0.25, 0.3) is 0 Å². The highest BCUT2D eigenvalue weighted by molar-refractivity contribution is 7.98. The number of phenols is 1.